The third-order valence-electron chi connectivity index (χ3n) is 1.59. The van der Waals surface area contributed by atoms with E-state index < -0.39 is 11.6 Å². The van der Waals surface area contributed by atoms with Gasteiger partial charge in [-0.2, -0.15) is 0 Å². The molecular weight excluding hydrogens is 256 g/mol. The van der Waals surface area contributed by atoms with Gasteiger partial charge in [-0.25, -0.2) is 8.78 Å². The zero-order valence-corrected chi connectivity index (χ0v) is 8.99. The Morgan fingerprint density at radius 1 is 1.50 bits per heavy atom. The predicted molar refractivity (Wildman–Crippen MR) is 53.0 cm³/mol. The lowest BCUT2D eigenvalue weighted by atomic mass is 10.3. The van der Waals surface area contributed by atoms with Gasteiger partial charge in [-0.1, -0.05) is 6.92 Å². The van der Waals surface area contributed by atoms with E-state index in [1.54, 1.807) is 6.92 Å². The van der Waals surface area contributed by atoms with E-state index in [9.17, 15) is 13.6 Å². The van der Waals surface area contributed by atoms with Gasteiger partial charge in [0.05, 0.1) is 5.69 Å². The van der Waals surface area contributed by atoms with Crippen molar-refractivity contribution in [3.8, 4) is 0 Å². The van der Waals surface area contributed by atoms with E-state index in [1.165, 1.54) is 0 Å². The molecule has 14 heavy (non-hydrogen) atoms. The minimum atomic E-state index is -0.793. The fourth-order valence-electron chi connectivity index (χ4n) is 0.889. The van der Waals surface area contributed by atoms with Crippen molar-refractivity contribution in [2.45, 2.75) is 13.3 Å². The van der Waals surface area contributed by atoms with Crippen LogP contribution in [0.15, 0.2) is 16.6 Å². The lowest BCUT2D eigenvalue weighted by molar-refractivity contribution is -0.115. The smallest absolute Gasteiger partial charge is 0.224 e. The van der Waals surface area contributed by atoms with Crippen molar-refractivity contribution in [3.63, 3.8) is 0 Å². The zero-order chi connectivity index (χ0) is 10.7. The number of carbonyl (C=O) groups is 1. The molecule has 5 heteroatoms. The van der Waals surface area contributed by atoms with Crippen LogP contribution in [0.5, 0.6) is 0 Å². The Hall–Kier alpha value is -0.970. The second-order valence-corrected chi connectivity index (χ2v) is 3.50. The van der Waals surface area contributed by atoms with E-state index in [1.807, 2.05) is 0 Å². The number of amides is 1. The maximum atomic E-state index is 13.1. The average Bonchev–Trinajstić information content (AvgIpc) is 2.10. The first-order valence-electron chi connectivity index (χ1n) is 3.99. The number of anilines is 1. The van der Waals surface area contributed by atoms with Gasteiger partial charge in [0, 0.05) is 17.0 Å². The van der Waals surface area contributed by atoms with Crippen LogP contribution in [0, 0.1) is 11.6 Å². The van der Waals surface area contributed by atoms with Crippen LogP contribution in [-0.4, -0.2) is 5.91 Å². The van der Waals surface area contributed by atoms with Gasteiger partial charge in [0.2, 0.25) is 5.91 Å². The Morgan fingerprint density at radius 2 is 2.14 bits per heavy atom. The lowest BCUT2D eigenvalue weighted by Crippen LogP contribution is -2.11. The van der Waals surface area contributed by atoms with Crippen molar-refractivity contribution in [2.24, 2.45) is 0 Å². The second kappa shape index (κ2) is 4.50. The van der Waals surface area contributed by atoms with Crippen LogP contribution in [0.4, 0.5) is 14.5 Å². The largest absolute Gasteiger partial charge is 0.323 e. The number of rotatable bonds is 2. The molecule has 2 nitrogen and oxygen atoms in total. The predicted octanol–water partition coefficient (Wildman–Crippen LogP) is 3.08. The van der Waals surface area contributed by atoms with Gasteiger partial charge in [0.15, 0.2) is 5.82 Å². The highest BCUT2D eigenvalue weighted by atomic mass is 79.9. The number of halogens is 3. The van der Waals surface area contributed by atoms with Crippen molar-refractivity contribution < 1.29 is 13.6 Å². The molecule has 0 saturated heterocycles. The molecule has 0 saturated carbocycles. The quantitative estimate of drug-likeness (QED) is 0.873. The first-order chi connectivity index (χ1) is 6.54. The molecule has 76 valence electrons. The van der Waals surface area contributed by atoms with E-state index in [4.69, 9.17) is 0 Å². The molecule has 0 aliphatic heterocycles. The molecule has 0 radical (unpaired) electrons. The second-order valence-electron chi connectivity index (χ2n) is 2.65. The molecular formula is C9H8BrF2NO. The third kappa shape index (κ3) is 2.51. The van der Waals surface area contributed by atoms with E-state index >= 15 is 0 Å². The van der Waals surface area contributed by atoms with Crippen LogP contribution in [0.3, 0.4) is 0 Å². The summed E-state index contributed by atoms with van der Waals surface area (Å²) in [6.45, 7) is 1.64. The summed E-state index contributed by atoms with van der Waals surface area (Å²) in [6.07, 6.45) is 0.239. The summed E-state index contributed by atoms with van der Waals surface area (Å²) in [7, 11) is 0. The molecule has 0 aliphatic rings. The van der Waals surface area contributed by atoms with Crippen molar-refractivity contribution in [1.29, 1.82) is 0 Å². The summed E-state index contributed by atoms with van der Waals surface area (Å²) >= 11 is 2.96. The summed E-state index contributed by atoms with van der Waals surface area (Å²) in [5, 5.41) is 2.33. The van der Waals surface area contributed by atoms with E-state index in [0.717, 1.165) is 12.1 Å². The monoisotopic (exact) mass is 263 g/mol. The maximum Gasteiger partial charge on any atom is 0.224 e. The minimum Gasteiger partial charge on any atom is -0.323 e. The Balaban J connectivity index is 3.02. The molecule has 0 spiro atoms. The summed E-state index contributed by atoms with van der Waals surface area (Å²) in [5.74, 6) is -1.81. The van der Waals surface area contributed by atoms with Crippen LogP contribution >= 0.6 is 15.9 Å². The number of hydrogen-bond acceptors (Lipinski definition) is 1. The summed E-state index contributed by atoms with van der Waals surface area (Å²) in [5.41, 5.74) is -0.0294. The minimum absolute atomic E-state index is 0.0294. The molecule has 0 aliphatic carbocycles. The third-order valence-corrected chi connectivity index (χ3v) is 2.22. The van der Waals surface area contributed by atoms with E-state index in [0.29, 0.717) is 0 Å². The van der Waals surface area contributed by atoms with Gasteiger partial charge in [0.1, 0.15) is 5.82 Å². The van der Waals surface area contributed by atoms with Crippen molar-refractivity contribution in [2.75, 3.05) is 5.32 Å². The SMILES string of the molecule is CCC(=O)Nc1c(F)cc(F)cc1Br. The first-order valence-corrected chi connectivity index (χ1v) is 4.78. The maximum absolute atomic E-state index is 13.1. The van der Waals surface area contributed by atoms with Crippen molar-refractivity contribution >= 4 is 27.5 Å². The number of carbonyl (C=O) groups excluding carboxylic acids is 1. The van der Waals surface area contributed by atoms with E-state index in [-0.39, 0.29) is 22.5 Å². The van der Waals surface area contributed by atoms with Gasteiger partial charge in [-0.05, 0) is 22.0 Å². The van der Waals surface area contributed by atoms with Crippen LogP contribution in [-0.2, 0) is 4.79 Å². The van der Waals surface area contributed by atoms with Crippen molar-refractivity contribution in [3.05, 3.63) is 28.2 Å². The van der Waals surface area contributed by atoms with Gasteiger partial charge in [-0.3, -0.25) is 4.79 Å². The molecule has 0 unspecified atom stereocenters. The highest BCUT2D eigenvalue weighted by Crippen LogP contribution is 2.26. The van der Waals surface area contributed by atoms with Gasteiger partial charge in [0.25, 0.3) is 0 Å². The highest BCUT2D eigenvalue weighted by Gasteiger charge is 2.11. The topological polar surface area (TPSA) is 29.1 Å². The Kier molecular flexibility index (Phi) is 3.57. The number of hydrogen-bond donors (Lipinski definition) is 1. The summed E-state index contributed by atoms with van der Waals surface area (Å²) < 4.78 is 26.0. The Morgan fingerprint density at radius 3 is 2.64 bits per heavy atom. The van der Waals surface area contributed by atoms with Gasteiger partial charge < -0.3 is 5.32 Å². The standard InChI is InChI=1S/C9H8BrF2NO/c1-2-8(14)13-9-6(10)3-5(11)4-7(9)12/h3-4H,2H2,1H3,(H,13,14). The number of benzene rings is 1. The lowest BCUT2D eigenvalue weighted by Gasteiger charge is -2.07. The molecule has 1 N–H and O–H groups in total. The molecule has 1 rings (SSSR count). The van der Waals surface area contributed by atoms with Crippen LogP contribution < -0.4 is 5.32 Å². The Bertz CT molecular complexity index is 345. The average molecular weight is 264 g/mol. The van der Waals surface area contributed by atoms with Crippen LogP contribution in [0.1, 0.15) is 13.3 Å². The molecule has 0 atom stereocenters. The highest BCUT2D eigenvalue weighted by molar-refractivity contribution is 9.10. The first kappa shape index (κ1) is 11.1. The summed E-state index contributed by atoms with van der Waals surface area (Å²) in [6, 6.07) is 1.81. The van der Waals surface area contributed by atoms with Crippen LogP contribution in [0.25, 0.3) is 0 Å². The van der Waals surface area contributed by atoms with Gasteiger partial charge >= 0.3 is 0 Å². The molecule has 1 aromatic rings. The molecule has 0 heterocycles. The normalized spacial score (nSPS) is 10.0. The fourth-order valence-corrected chi connectivity index (χ4v) is 1.40. The molecule has 1 aromatic carbocycles. The summed E-state index contributed by atoms with van der Waals surface area (Å²) in [4.78, 5) is 11.0. The Labute approximate surface area is 88.4 Å². The molecule has 0 fully saturated rings. The fraction of sp³-hybridized carbons (Fsp3) is 0.222. The van der Waals surface area contributed by atoms with E-state index in [2.05, 4.69) is 21.2 Å². The molecule has 0 aromatic heterocycles. The van der Waals surface area contributed by atoms with Crippen molar-refractivity contribution in [1.82, 2.24) is 0 Å². The van der Waals surface area contributed by atoms with Crippen LogP contribution in [0.2, 0.25) is 0 Å². The molecule has 1 amide bonds. The zero-order valence-electron chi connectivity index (χ0n) is 7.40. The number of nitrogens with one attached hydrogen (secondary N) is 1. The van der Waals surface area contributed by atoms with Gasteiger partial charge in [-0.15, -0.1) is 0 Å². The molecule has 0 bridgehead atoms.